The van der Waals surface area contributed by atoms with Crippen molar-refractivity contribution in [1.82, 2.24) is 19.9 Å². The minimum atomic E-state index is -0.477. The molecule has 2 aromatic carbocycles. The fourth-order valence-electron chi connectivity index (χ4n) is 3.32. The molecule has 0 aliphatic carbocycles. The molecule has 0 amide bonds. The maximum absolute atomic E-state index is 12.4. The topological polar surface area (TPSA) is 96.2 Å². The van der Waals surface area contributed by atoms with Gasteiger partial charge in [0.05, 0.1) is 5.56 Å². The Kier molecular flexibility index (Phi) is 5.09. The molecule has 0 bridgehead atoms. The second-order valence-electron chi connectivity index (χ2n) is 7.04. The molecule has 158 valence electrons. The van der Waals surface area contributed by atoms with Crippen LogP contribution in [0.4, 0.5) is 0 Å². The molecule has 8 heteroatoms. The lowest BCUT2D eigenvalue weighted by Gasteiger charge is -2.05. The Labute approximate surface area is 183 Å². The molecule has 5 rings (SSSR count). The number of hydrogen-bond acceptors (Lipinski definition) is 7. The molecule has 0 atom stereocenters. The van der Waals surface area contributed by atoms with Crippen molar-refractivity contribution in [1.29, 1.82) is 0 Å². The van der Waals surface area contributed by atoms with Gasteiger partial charge in [-0.2, -0.15) is 0 Å². The molecule has 0 saturated carbocycles. The van der Waals surface area contributed by atoms with Crippen LogP contribution in [0.3, 0.4) is 0 Å². The van der Waals surface area contributed by atoms with Gasteiger partial charge in [0.15, 0.2) is 6.61 Å². The van der Waals surface area contributed by atoms with E-state index in [2.05, 4.69) is 15.4 Å². The number of carbonyl (C=O) groups is 1. The number of aromatic nitrogens is 4. The van der Waals surface area contributed by atoms with Crippen molar-refractivity contribution >= 4 is 5.97 Å². The summed E-state index contributed by atoms with van der Waals surface area (Å²) in [5.74, 6) is 0.510. The number of nitrogens with zero attached hydrogens (tertiary/aromatic N) is 4. The van der Waals surface area contributed by atoms with E-state index >= 15 is 0 Å². The van der Waals surface area contributed by atoms with Crippen molar-refractivity contribution in [2.45, 2.75) is 13.5 Å². The van der Waals surface area contributed by atoms with Crippen molar-refractivity contribution in [3.63, 3.8) is 0 Å². The number of ether oxygens (including phenoxy) is 1. The molecule has 8 nitrogen and oxygen atoms in total. The van der Waals surface area contributed by atoms with Crippen molar-refractivity contribution in [3.05, 3.63) is 96.3 Å². The maximum atomic E-state index is 12.4. The van der Waals surface area contributed by atoms with Gasteiger partial charge in [0, 0.05) is 23.6 Å². The zero-order valence-electron chi connectivity index (χ0n) is 17.1. The number of aryl methyl sites for hydroxylation is 1. The van der Waals surface area contributed by atoms with Crippen LogP contribution in [-0.4, -0.2) is 25.9 Å². The standard InChI is InChI=1S/C24H18N4O4/c1-16-21(22(27-32-16)17-7-3-2-4-8-17)23-26-25-20(31-23)15-30-24(29)18-9-11-19(12-10-18)28-13-5-6-14-28/h2-14H,15H2,1H3. The van der Waals surface area contributed by atoms with E-state index in [0.717, 1.165) is 11.3 Å². The Morgan fingerprint density at radius 3 is 2.47 bits per heavy atom. The summed E-state index contributed by atoms with van der Waals surface area (Å²) in [5, 5.41) is 12.2. The summed E-state index contributed by atoms with van der Waals surface area (Å²) in [4.78, 5) is 12.4. The minimum absolute atomic E-state index is 0.143. The van der Waals surface area contributed by atoms with E-state index < -0.39 is 5.97 Å². The van der Waals surface area contributed by atoms with Crippen LogP contribution >= 0.6 is 0 Å². The van der Waals surface area contributed by atoms with Gasteiger partial charge in [-0.15, -0.1) is 10.2 Å². The van der Waals surface area contributed by atoms with E-state index in [0.29, 0.717) is 22.6 Å². The number of benzene rings is 2. The SMILES string of the molecule is Cc1onc(-c2ccccc2)c1-c1nnc(COC(=O)c2ccc(-n3cccc3)cc2)o1. The number of hydrogen-bond donors (Lipinski definition) is 0. The first-order valence-electron chi connectivity index (χ1n) is 9.94. The van der Waals surface area contributed by atoms with Gasteiger partial charge in [0.25, 0.3) is 11.8 Å². The zero-order valence-corrected chi connectivity index (χ0v) is 17.1. The first-order valence-corrected chi connectivity index (χ1v) is 9.94. The summed E-state index contributed by atoms with van der Waals surface area (Å²) < 4.78 is 18.4. The second-order valence-corrected chi connectivity index (χ2v) is 7.04. The molecule has 0 radical (unpaired) electrons. The van der Waals surface area contributed by atoms with Crippen LogP contribution in [0.1, 0.15) is 22.0 Å². The summed E-state index contributed by atoms with van der Waals surface area (Å²) >= 11 is 0. The number of carbonyl (C=O) groups excluding carboxylic acids is 1. The summed E-state index contributed by atoms with van der Waals surface area (Å²) in [6.07, 6.45) is 3.86. The van der Waals surface area contributed by atoms with Gasteiger partial charge in [-0.05, 0) is 43.3 Å². The molecule has 3 aromatic heterocycles. The van der Waals surface area contributed by atoms with E-state index in [9.17, 15) is 4.79 Å². The van der Waals surface area contributed by atoms with Gasteiger partial charge < -0.3 is 18.2 Å². The predicted octanol–water partition coefficient (Wildman–Crippen LogP) is 4.85. The molecule has 0 fully saturated rings. The van der Waals surface area contributed by atoms with Crippen LogP contribution in [0.25, 0.3) is 28.4 Å². The average molecular weight is 426 g/mol. The summed E-state index contributed by atoms with van der Waals surface area (Å²) in [5.41, 5.74) is 3.47. The highest BCUT2D eigenvalue weighted by atomic mass is 16.5. The van der Waals surface area contributed by atoms with Gasteiger partial charge in [-0.25, -0.2) is 4.79 Å². The Morgan fingerprint density at radius 1 is 0.969 bits per heavy atom. The third kappa shape index (κ3) is 3.81. The highest BCUT2D eigenvalue weighted by Gasteiger charge is 2.22. The van der Waals surface area contributed by atoms with E-state index in [1.165, 1.54) is 0 Å². The molecular formula is C24H18N4O4. The fourth-order valence-corrected chi connectivity index (χ4v) is 3.32. The largest absolute Gasteiger partial charge is 0.452 e. The molecule has 0 N–H and O–H groups in total. The quantitative estimate of drug-likeness (QED) is 0.358. The molecule has 3 heterocycles. The molecule has 0 saturated heterocycles. The lowest BCUT2D eigenvalue weighted by molar-refractivity contribution is 0.0438. The maximum Gasteiger partial charge on any atom is 0.338 e. The van der Waals surface area contributed by atoms with Gasteiger partial charge >= 0.3 is 5.97 Å². The van der Waals surface area contributed by atoms with Crippen LogP contribution in [0, 0.1) is 6.92 Å². The smallest absolute Gasteiger partial charge is 0.338 e. The molecule has 0 aliphatic rings. The first-order chi connectivity index (χ1) is 15.7. The van der Waals surface area contributed by atoms with E-state index in [4.69, 9.17) is 13.7 Å². The highest BCUT2D eigenvalue weighted by molar-refractivity contribution is 5.89. The van der Waals surface area contributed by atoms with E-state index in [1.54, 1.807) is 19.1 Å². The van der Waals surface area contributed by atoms with Crippen LogP contribution < -0.4 is 0 Å². The second kappa shape index (κ2) is 8.35. The van der Waals surface area contributed by atoms with Gasteiger partial charge in [-0.3, -0.25) is 0 Å². The molecule has 32 heavy (non-hydrogen) atoms. The molecular weight excluding hydrogens is 408 g/mol. The normalized spacial score (nSPS) is 10.9. The zero-order chi connectivity index (χ0) is 21.9. The predicted molar refractivity (Wildman–Crippen MR) is 115 cm³/mol. The van der Waals surface area contributed by atoms with Gasteiger partial charge in [0.2, 0.25) is 0 Å². The third-order valence-corrected chi connectivity index (χ3v) is 4.92. The van der Waals surface area contributed by atoms with Crippen molar-refractivity contribution in [3.8, 4) is 28.4 Å². The van der Waals surface area contributed by atoms with Crippen molar-refractivity contribution in [2.24, 2.45) is 0 Å². The van der Waals surface area contributed by atoms with Crippen molar-refractivity contribution in [2.75, 3.05) is 0 Å². The molecule has 0 unspecified atom stereocenters. The average Bonchev–Trinajstić information content (AvgIpc) is 3.59. The van der Waals surface area contributed by atoms with Crippen molar-refractivity contribution < 1.29 is 18.5 Å². The fraction of sp³-hybridized carbons (Fsp3) is 0.0833. The molecule has 5 aromatic rings. The number of esters is 1. The Bertz CT molecular complexity index is 1340. The minimum Gasteiger partial charge on any atom is -0.452 e. The lowest BCUT2D eigenvalue weighted by atomic mass is 10.1. The molecule has 0 spiro atoms. The Hall–Kier alpha value is -4.46. The summed E-state index contributed by atoms with van der Waals surface area (Å²) in [6.45, 7) is 1.63. The Morgan fingerprint density at radius 2 is 1.72 bits per heavy atom. The van der Waals surface area contributed by atoms with E-state index in [1.807, 2.05) is 71.6 Å². The lowest BCUT2D eigenvalue weighted by Crippen LogP contribution is -2.05. The third-order valence-electron chi connectivity index (χ3n) is 4.92. The van der Waals surface area contributed by atoms with Crippen LogP contribution in [0.15, 0.2) is 88.1 Å². The molecule has 0 aliphatic heterocycles. The summed E-state index contributed by atoms with van der Waals surface area (Å²) in [6, 6.07) is 20.6. The summed E-state index contributed by atoms with van der Waals surface area (Å²) in [7, 11) is 0. The van der Waals surface area contributed by atoms with Crippen LogP contribution in [0.5, 0.6) is 0 Å². The number of rotatable bonds is 6. The van der Waals surface area contributed by atoms with Gasteiger partial charge in [0.1, 0.15) is 17.0 Å². The van der Waals surface area contributed by atoms with Crippen LogP contribution in [-0.2, 0) is 11.3 Å². The highest BCUT2D eigenvalue weighted by Crippen LogP contribution is 2.33. The monoisotopic (exact) mass is 426 g/mol. The Balaban J connectivity index is 1.28. The van der Waals surface area contributed by atoms with E-state index in [-0.39, 0.29) is 18.4 Å². The van der Waals surface area contributed by atoms with Crippen LogP contribution in [0.2, 0.25) is 0 Å². The van der Waals surface area contributed by atoms with Gasteiger partial charge in [-0.1, -0.05) is 35.5 Å². The first kappa shape index (κ1) is 19.5.